The van der Waals surface area contributed by atoms with Crippen molar-refractivity contribution in [3.8, 4) is 6.07 Å². The molecule has 0 spiro atoms. The molecule has 2 rings (SSSR count). The van der Waals surface area contributed by atoms with E-state index in [2.05, 4.69) is 40.1 Å². The molecular weight excluding hydrogens is 258 g/mol. The molecule has 0 saturated carbocycles. The standard InChI is InChI=1S/C13H15N5S/c1-3-18(4-2)12-7-5-6-11(16-12)17-13-15-9-10(8-14)19-13/h5-7,9H,3-4H2,1-2H3,(H,15,16,17). The summed E-state index contributed by atoms with van der Waals surface area (Å²) in [6, 6.07) is 7.90. The molecule has 2 aromatic rings. The normalized spacial score (nSPS) is 9.95. The van der Waals surface area contributed by atoms with E-state index < -0.39 is 0 Å². The Bertz CT molecular complexity index is 583. The molecule has 6 heteroatoms. The van der Waals surface area contributed by atoms with Gasteiger partial charge < -0.3 is 10.2 Å². The lowest BCUT2D eigenvalue weighted by Gasteiger charge is -2.20. The van der Waals surface area contributed by atoms with Crippen molar-refractivity contribution in [2.45, 2.75) is 13.8 Å². The first-order chi connectivity index (χ1) is 9.26. The zero-order valence-corrected chi connectivity index (χ0v) is 11.7. The molecule has 0 unspecified atom stereocenters. The molecule has 2 aromatic heterocycles. The molecule has 0 aliphatic carbocycles. The second kappa shape index (κ2) is 6.16. The second-order valence-corrected chi connectivity index (χ2v) is 4.85. The smallest absolute Gasteiger partial charge is 0.189 e. The number of thiazole rings is 1. The summed E-state index contributed by atoms with van der Waals surface area (Å²) in [6.07, 6.45) is 1.56. The summed E-state index contributed by atoms with van der Waals surface area (Å²) in [4.78, 5) is 11.4. The largest absolute Gasteiger partial charge is 0.357 e. The van der Waals surface area contributed by atoms with Crippen LogP contribution >= 0.6 is 11.3 Å². The Morgan fingerprint density at radius 1 is 1.37 bits per heavy atom. The average molecular weight is 273 g/mol. The van der Waals surface area contributed by atoms with Crippen LogP contribution in [0.2, 0.25) is 0 Å². The molecule has 0 aromatic carbocycles. The van der Waals surface area contributed by atoms with Crippen molar-refractivity contribution in [1.82, 2.24) is 9.97 Å². The fourth-order valence-electron chi connectivity index (χ4n) is 1.71. The van der Waals surface area contributed by atoms with Gasteiger partial charge in [-0.15, -0.1) is 0 Å². The molecule has 0 aliphatic heterocycles. The van der Waals surface area contributed by atoms with Gasteiger partial charge in [0, 0.05) is 13.1 Å². The van der Waals surface area contributed by atoms with Gasteiger partial charge in [0.15, 0.2) is 5.13 Å². The lowest BCUT2D eigenvalue weighted by Crippen LogP contribution is -2.22. The third kappa shape index (κ3) is 3.20. The molecule has 98 valence electrons. The van der Waals surface area contributed by atoms with Crippen LogP contribution in [0.5, 0.6) is 0 Å². The fraction of sp³-hybridized carbons (Fsp3) is 0.308. The van der Waals surface area contributed by atoms with Crippen molar-refractivity contribution in [2.75, 3.05) is 23.3 Å². The average Bonchev–Trinajstić information content (AvgIpc) is 2.88. The van der Waals surface area contributed by atoms with Crippen LogP contribution in [0, 0.1) is 11.3 Å². The third-order valence-corrected chi connectivity index (χ3v) is 3.49. The Morgan fingerprint density at radius 2 is 2.16 bits per heavy atom. The summed E-state index contributed by atoms with van der Waals surface area (Å²) in [5.41, 5.74) is 0. The van der Waals surface area contributed by atoms with Gasteiger partial charge in [0.2, 0.25) is 0 Å². The summed E-state index contributed by atoms with van der Waals surface area (Å²) in [7, 11) is 0. The lowest BCUT2D eigenvalue weighted by atomic mass is 10.4. The fourth-order valence-corrected chi connectivity index (χ4v) is 2.33. The van der Waals surface area contributed by atoms with Crippen LogP contribution in [-0.4, -0.2) is 23.1 Å². The van der Waals surface area contributed by atoms with Crippen LogP contribution in [0.3, 0.4) is 0 Å². The molecule has 5 nitrogen and oxygen atoms in total. The first kappa shape index (κ1) is 13.3. The van der Waals surface area contributed by atoms with E-state index in [9.17, 15) is 0 Å². The van der Waals surface area contributed by atoms with E-state index in [-0.39, 0.29) is 0 Å². The zero-order valence-electron chi connectivity index (χ0n) is 10.9. The van der Waals surface area contributed by atoms with Gasteiger partial charge in [-0.3, -0.25) is 0 Å². The number of nitrogens with zero attached hydrogens (tertiary/aromatic N) is 4. The van der Waals surface area contributed by atoms with Crippen molar-refractivity contribution in [3.05, 3.63) is 29.3 Å². The number of hydrogen-bond donors (Lipinski definition) is 1. The van der Waals surface area contributed by atoms with Crippen LogP contribution in [0.15, 0.2) is 24.4 Å². The number of aromatic nitrogens is 2. The van der Waals surface area contributed by atoms with Gasteiger partial charge in [-0.2, -0.15) is 5.26 Å². The maximum absolute atomic E-state index is 8.77. The van der Waals surface area contributed by atoms with Gasteiger partial charge >= 0.3 is 0 Å². The zero-order chi connectivity index (χ0) is 13.7. The van der Waals surface area contributed by atoms with Gasteiger partial charge in [0.25, 0.3) is 0 Å². The molecule has 2 heterocycles. The Balaban J connectivity index is 2.17. The minimum Gasteiger partial charge on any atom is -0.357 e. The van der Waals surface area contributed by atoms with Crippen LogP contribution < -0.4 is 10.2 Å². The van der Waals surface area contributed by atoms with E-state index in [1.54, 1.807) is 6.20 Å². The third-order valence-electron chi connectivity index (χ3n) is 2.67. The van der Waals surface area contributed by atoms with E-state index in [4.69, 9.17) is 5.26 Å². The van der Waals surface area contributed by atoms with E-state index in [1.165, 1.54) is 11.3 Å². The van der Waals surface area contributed by atoms with Gasteiger partial charge in [0.05, 0.1) is 6.20 Å². The predicted octanol–water partition coefficient (Wildman–Crippen LogP) is 3.00. The minimum atomic E-state index is 0.586. The van der Waals surface area contributed by atoms with Crippen LogP contribution in [-0.2, 0) is 0 Å². The summed E-state index contributed by atoms with van der Waals surface area (Å²) < 4.78 is 0. The number of nitrogens with one attached hydrogen (secondary N) is 1. The van der Waals surface area contributed by atoms with E-state index in [1.807, 2.05) is 18.2 Å². The van der Waals surface area contributed by atoms with E-state index in [0.717, 1.165) is 24.7 Å². The summed E-state index contributed by atoms with van der Waals surface area (Å²) >= 11 is 1.32. The predicted molar refractivity (Wildman–Crippen MR) is 77.9 cm³/mol. The van der Waals surface area contributed by atoms with Gasteiger partial charge in [0.1, 0.15) is 22.6 Å². The number of hydrogen-bond acceptors (Lipinski definition) is 6. The molecule has 1 N–H and O–H groups in total. The summed E-state index contributed by atoms with van der Waals surface area (Å²) in [5.74, 6) is 1.68. The molecule has 0 fully saturated rings. The quantitative estimate of drug-likeness (QED) is 0.907. The maximum Gasteiger partial charge on any atom is 0.189 e. The molecule has 0 bridgehead atoms. The highest BCUT2D eigenvalue weighted by atomic mass is 32.1. The molecule has 0 atom stereocenters. The van der Waals surface area contributed by atoms with Crippen molar-refractivity contribution >= 4 is 28.1 Å². The number of rotatable bonds is 5. The molecule has 0 saturated heterocycles. The topological polar surface area (TPSA) is 64.8 Å². The Morgan fingerprint density at radius 3 is 2.79 bits per heavy atom. The molecule has 19 heavy (non-hydrogen) atoms. The van der Waals surface area contributed by atoms with Crippen molar-refractivity contribution in [3.63, 3.8) is 0 Å². The number of pyridine rings is 1. The molecule has 0 amide bonds. The highest BCUT2D eigenvalue weighted by Gasteiger charge is 2.06. The van der Waals surface area contributed by atoms with Gasteiger partial charge in [-0.1, -0.05) is 17.4 Å². The van der Waals surface area contributed by atoms with Gasteiger partial charge in [-0.05, 0) is 26.0 Å². The second-order valence-electron chi connectivity index (χ2n) is 3.82. The Kier molecular flexibility index (Phi) is 4.31. The molecule has 0 radical (unpaired) electrons. The molecular formula is C13H15N5S. The van der Waals surface area contributed by atoms with Crippen LogP contribution in [0.1, 0.15) is 18.7 Å². The molecule has 0 aliphatic rings. The van der Waals surface area contributed by atoms with Crippen molar-refractivity contribution < 1.29 is 0 Å². The number of anilines is 3. The number of nitriles is 1. The maximum atomic E-state index is 8.77. The monoisotopic (exact) mass is 273 g/mol. The summed E-state index contributed by atoms with van der Waals surface area (Å²) in [6.45, 7) is 6.04. The van der Waals surface area contributed by atoms with Crippen LogP contribution in [0.25, 0.3) is 0 Å². The first-order valence-electron chi connectivity index (χ1n) is 6.11. The van der Waals surface area contributed by atoms with Crippen molar-refractivity contribution in [2.24, 2.45) is 0 Å². The van der Waals surface area contributed by atoms with E-state index in [0.29, 0.717) is 10.0 Å². The van der Waals surface area contributed by atoms with Gasteiger partial charge in [-0.25, -0.2) is 9.97 Å². The first-order valence-corrected chi connectivity index (χ1v) is 6.93. The highest BCUT2D eigenvalue weighted by molar-refractivity contribution is 7.16. The Hall–Kier alpha value is -2.13. The lowest BCUT2D eigenvalue weighted by molar-refractivity contribution is 0.847. The van der Waals surface area contributed by atoms with Crippen molar-refractivity contribution in [1.29, 1.82) is 5.26 Å². The van der Waals surface area contributed by atoms with E-state index >= 15 is 0 Å². The summed E-state index contributed by atoms with van der Waals surface area (Å²) in [5, 5.41) is 12.6. The Labute approximate surface area is 116 Å². The SMILES string of the molecule is CCN(CC)c1cccc(Nc2ncc(C#N)s2)n1. The highest BCUT2D eigenvalue weighted by Crippen LogP contribution is 2.22. The van der Waals surface area contributed by atoms with Crippen LogP contribution in [0.4, 0.5) is 16.8 Å². The minimum absolute atomic E-state index is 0.586.